The van der Waals surface area contributed by atoms with Gasteiger partial charge < -0.3 is 5.11 Å². The van der Waals surface area contributed by atoms with E-state index < -0.39 is 0 Å². The van der Waals surface area contributed by atoms with Crippen LogP contribution in [0.4, 0.5) is 0 Å². The van der Waals surface area contributed by atoms with Crippen molar-refractivity contribution in [3.05, 3.63) is 17.4 Å². The van der Waals surface area contributed by atoms with Gasteiger partial charge in [0.25, 0.3) is 0 Å². The number of aliphatic hydroxyl groups excluding tert-OH is 1. The smallest absolute Gasteiger partial charge is 0.0508 e. The second-order valence-corrected chi connectivity index (χ2v) is 2.44. The topological polar surface area (TPSA) is 20.2 Å². The van der Waals surface area contributed by atoms with E-state index in [2.05, 4.69) is 11.8 Å². The summed E-state index contributed by atoms with van der Waals surface area (Å²) in [5, 5.41) is 8.64. The second kappa shape index (κ2) is 1.25. The Balaban J connectivity index is 2.21. The molecule has 0 bridgehead atoms. The summed E-state index contributed by atoms with van der Waals surface area (Å²) >= 11 is 0. The average Bonchev–Trinajstić information content (AvgIpc) is 2.22. The van der Waals surface area contributed by atoms with Crippen LogP contribution in [0.1, 0.15) is 6.42 Å². The summed E-state index contributed by atoms with van der Waals surface area (Å²) in [7, 11) is 0. The highest BCUT2D eigenvalue weighted by molar-refractivity contribution is 5.34. The Morgan fingerprint density at radius 3 is 3.12 bits per heavy atom. The Morgan fingerprint density at radius 2 is 2.75 bits per heavy atom. The van der Waals surface area contributed by atoms with Crippen LogP contribution in [-0.4, -0.2) is 11.7 Å². The minimum Gasteiger partial charge on any atom is -0.396 e. The maximum absolute atomic E-state index is 8.64. The van der Waals surface area contributed by atoms with Crippen LogP contribution in [0.15, 0.2) is 17.4 Å². The number of aliphatic hydroxyl groups is 1. The SMILES string of the molecule is OCC1C2=C=CCC21. The van der Waals surface area contributed by atoms with Crippen molar-refractivity contribution in [3.63, 3.8) is 0 Å². The van der Waals surface area contributed by atoms with Gasteiger partial charge in [-0.05, 0) is 18.1 Å². The lowest BCUT2D eigenvalue weighted by molar-refractivity contribution is 0.271. The van der Waals surface area contributed by atoms with Crippen LogP contribution in [0.2, 0.25) is 0 Å². The van der Waals surface area contributed by atoms with Crippen LogP contribution < -0.4 is 0 Å². The van der Waals surface area contributed by atoms with E-state index in [4.69, 9.17) is 5.11 Å². The van der Waals surface area contributed by atoms with Crippen LogP contribution in [0, 0.1) is 11.8 Å². The van der Waals surface area contributed by atoms with Crippen molar-refractivity contribution in [2.75, 3.05) is 6.61 Å². The van der Waals surface area contributed by atoms with E-state index in [0.29, 0.717) is 18.4 Å². The maximum Gasteiger partial charge on any atom is 0.0508 e. The van der Waals surface area contributed by atoms with Crippen LogP contribution >= 0.6 is 0 Å². The van der Waals surface area contributed by atoms with Gasteiger partial charge in [-0.15, -0.1) is 5.73 Å². The lowest BCUT2D eigenvalue weighted by Gasteiger charge is -1.85. The molecule has 2 aliphatic carbocycles. The van der Waals surface area contributed by atoms with Gasteiger partial charge >= 0.3 is 0 Å². The molecule has 1 nitrogen and oxygen atoms in total. The lowest BCUT2D eigenvalue weighted by Crippen LogP contribution is -1.87. The molecule has 0 saturated heterocycles. The van der Waals surface area contributed by atoms with Crippen molar-refractivity contribution in [2.24, 2.45) is 11.8 Å². The highest BCUT2D eigenvalue weighted by Crippen LogP contribution is 2.49. The van der Waals surface area contributed by atoms with E-state index in [9.17, 15) is 0 Å². The molecule has 8 heavy (non-hydrogen) atoms. The summed E-state index contributed by atoms with van der Waals surface area (Å²) in [6.45, 7) is 0.334. The summed E-state index contributed by atoms with van der Waals surface area (Å²) in [4.78, 5) is 0. The molecule has 0 radical (unpaired) electrons. The average molecular weight is 108 g/mol. The summed E-state index contributed by atoms with van der Waals surface area (Å²) < 4.78 is 0. The molecular weight excluding hydrogens is 100 g/mol. The molecule has 0 aromatic rings. The zero-order chi connectivity index (χ0) is 5.56. The van der Waals surface area contributed by atoms with Gasteiger partial charge in [0.1, 0.15) is 0 Å². The molecule has 0 spiro atoms. The summed E-state index contributed by atoms with van der Waals surface area (Å²) in [5.74, 6) is 1.19. The zero-order valence-corrected chi connectivity index (χ0v) is 4.59. The summed E-state index contributed by atoms with van der Waals surface area (Å²) in [6.07, 6.45) is 3.19. The fraction of sp³-hybridized carbons (Fsp3) is 0.571. The molecular formula is C7H8O. The number of rotatable bonds is 1. The van der Waals surface area contributed by atoms with Crippen molar-refractivity contribution in [1.82, 2.24) is 0 Å². The fourth-order valence-electron chi connectivity index (χ4n) is 1.41. The monoisotopic (exact) mass is 108 g/mol. The van der Waals surface area contributed by atoms with Crippen LogP contribution in [0.5, 0.6) is 0 Å². The lowest BCUT2D eigenvalue weighted by atomic mass is 10.2. The highest BCUT2D eigenvalue weighted by Gasteiger charge is 2.44. The van der Waals surface area contributed by atoms with E-state index in [-0.39, 0.29) is 0 Å². The third-order valence-corrected chi connectivity index (χ3v) is 2.01. The number of hydrogen-bond donors (Lipinski definition) is 1. The van der Waals surface area contributed by atoms with Gasteiger partial charge in [-0.25, -0.2) is 0 Å². The molecule has 0 aromatic carbocycles. The largest absolute Gasteiger partial charge is 0.396 e. The first-order chi connectivity index (χ1) is 3.93. The van der Waals surface area contributed by atoms with Crippen molar-refractivity contribution in [3.8, 4) is 0 Å². The van der Waals surface area contributed by atoms with E-state index in [0.717, 1.165) is 6.42 Å². The molecule has 0 aromatic heterocycles. The van der Waals surface area contributed by atoms with Crippen molar-refractivity contribution < 1.29 is 5.11 Å². The molecule has 0 aliphatic heterocycles. The summed E-state index contributed by atoms with van der Waals surface area (Å²) in [5.41, 5.74) is 4.48. The Labute approximate surface area is 48.3 Å². The molecule has 1 N–H and O–H groups in total. The van der Waals surface area contributed by atoms with Gasteiger partial charge in [0.05, 0.1) is 6.61 Å². The van der Waals surface area contributed by atoms with Gasteiger partial charge in [0, 0.05) is 11.8 Å². The quantitative estimate of drug-likeness (QED) is 0.490. The van der Waals surface area contributed by atoms with E-state index >= 15 is 0 Å². The Bertz CT molecular complexity index is 175. The third-order valence-electron chi connectivity index (χ3n) is 2.01. The van der Waals surface area contributed by atoms with Gasteiger partial charge in [-0.1, -0.05) is 0 Å². The molecule has 0 amide bonds. The van der Waals surface area contributed by atoms with E-state index in [1.54, 1.807) is 0 Å². The fourth-order valence-corrected chi connectivity index (χ4v) is 1.41. The van der Waals surface area contributed by atoms with E-state index in [1.165, 1.54) is 5.57 Å². The van der Waals surface area contributed by atoms with Crippen molar-refractivity contribution in [1.29, 1.82) is 0 Å². The second-order valence-electron chi connectivity index (χ2n) is 2.44. The molecule has 1 fully saturated rings. The minimum absolute atomic E-state index is 0.334. The van der Waals surface area contributed by atoms with Gasteiger partial charge in [0.2, 0.25) is 0 Å². The summed E-state index contributed by atoms with van der Waals surface area (Å²) in [6, 6.07) is 0. The number of hydrogen-bond acceptors (Lipinski definition) is 1. The third kappa shape index (κ3) is 0.360. The maximum atomic E-state index is 8.64. The Kier molecular flexibility index (Phi) is 0.682. The van der Waals surface area contributed by atoms with E-state index in [1.807, 2.05) is 0 Å². The predicted molar refractivity (Wildman–Crippen MR) is 30.3 cm³/mol. The van der Waals surface area contributed by atoms with Gasteiger partial charge in [-0.3, -0.25) is 0 Å². The standard InChI is InChI=1S/C7H8O/c8-4-7-5-2-1-3-6(5)7/h1,5,7-8H,2,4H2. The molecule has 2 atom stereocenters. The first kappa shape index (κ1) is 4.37. The highest BCUT2D eigenvalue weighted by atomic mass is 16.3. The minimum atomic E-state index is 0.334. The normalized spacial score (nSPS) is 39.4. The Morgan fingerprint density at radius 1 is 1.88 bits per heavy atom. The van der Waals surface area contributed by atoms with Crippen LogP contribution in [0.25, 0.3) is 0 Å². The molecule has 2 unspecified atom stereocenters. The first-order valence-corrected chi connectivity index (χ1v) is 2.99. The van der Waals surface area contributed by atoms with Gasteiger partial charge in [0.15, 0.2) is 0 Å². The molecule has 2 aliphatic rings. The van der Waals surface area contributed by atoms with Gasteiger partial charge in [-0.2, -0.15) is 0 Å². The molecule has 1 heteroatoms. The van der Waals surface area contributed by atoms with Crippen LogP contribution in [-0.2, 0) is 0 Å². The number of fused-ring (bicyclic) bond motifs is 1. The van der Waals surface area contributed by atoms with Crippen molar-refractivity contribution >= 4 is 0 Å². The molecule has 0 heterocycles. The van der Waals surface area contributed by atoms with Crippen LogP contribution in [0.3, 0.4) is 0 Å². The molecule has 2 rings (SSSR count). The predicted octanol–water partition coefficient (Wildman–Crippen LogP) is 0.710. The Hall–Kier alpha value is -0.520. The molecule has 42 valence electrons. The van der Waals surface area contributed by atoms with Crippen molar-refractivity contribution in [2.45, 2.75) is 6.42 Å². The molecule has 1 saturated carbocycles. The zero-order valence-electron chi connectivity index (χ0n) is 4.59. The first-order valence-electron chi connectivity index (χ1n) is 2.99.